The summed E-state index contributed by atoms with van der Waals surface area (Å²) in [4.78, 5) is 20.5. The van der Waals surface area contributed by atoms with Gasteiger partial charge in [0, 0.05) is 35.1 Å². The van der Waals surface area contributed by atoms with Gasteiger partial charge in [-0.2, -0.15) is 0 Å². The number of aryl methyl sites for hydroxylation is 1. The van der Waals surface area contributed by atoms with Crippen molar-refractivity contribution >= 4 is 22.2 Å². The van der Waals surface area contributed by atoms with Crippen molar-refractivity contribution in [3.8, 4) is 11.3 Å². The van der Waals surface area contributed by atoms with E-state index in [0.717, 1.165) is 22.2 Å². The Morgan fingerprint density at radius 2 is 1.85 bits per heavy atom. The number of hydrogen-bond donors (Lipinski definition) is 1. The Labute approximate surface area is 114 Å². The third-order valence-electron chi connectivity index (χ3n) is 3.40. The van der Waals surface area contributed by atoms with Gasteiger partial charge in [-0.05, 0) is 12.5 Å². The van der Waals surface area contributed by atoms with Crippen molar-refractivity contribution in [1.82, 2.24) is 24.9 Å². The maximum atomic E-state index is 4.54. The fourth-order valence-corrected chi connectivity index (χ4v) is 2.41. The highest BCUT2D eigenvalue weighted by atomic mass is 15.0. The molecule has 96 valence electrons. The van der Waals surface area contributed by atoms with Crippen molar-refractivity contribution in [2.45, 2.75) is 6.92 Å². The Hall–Kier alpha value is -2.82. The first kappa shape index (κ1) is 11.0. The molecule has 4 aromatic rings. The topological polar surface area (TPSA) is 67.3 Å². The van der Waals surface area contributed by atoms with Crippen LogP contribution < -0.4 is 0 Å². The van der Waals surface area contributed by atoms with Crippen LogP contribution in [0.1, 0.15) is 5.56 Å². The van der Waals surface area contributed by atoms with Crippen LogP contribution in [0.2, 0.25) is 0 Å². The molecule has 1 N–H and O–H groups in total. The van der Waals surface area contributed by atoms with Gasteiger partial charge in [0.15, 0.2) is 11.3 Å². The van der Waals surface area contributed by atoms with Crippen LogP contribution in [-0.2, 0) is 0 Å². The lowest BCUT2D eigenvalue weighted by Crippen LogP contribution is -1.92. The zero-order chi connectivity index (χ0) is 13.5. The molecule has 0 spiro atoms. The Bertz CT molecular complexity index is 926. The minimum Gasteiger partial charge on any atom is -0.360 e. The summed E-state index contributed by atoms with van der Waals surface area (Å²) in [5, 5.41) is 1.14. The molecule has 0 unspecified atom stereocenters. The van der Waals surface area contributed by atoms with Crippen LogP contribution in [0.3, 0.4) is 0 Å². The molecular weight excluding hydrogens is 250 g/mol. The second kappa shape index (κ2) is 4.09. The first-order valence-corrected chi connectivity index (χ1v) is 6.34. The minimum absolute atomic E-state index is 0.562. The molecule has 0 atom stereocenters. The van der Waals surface area contributed by atoms with Crippen molar-refractivity contribution in [1.29, 1.82) is 0 Å². The highest BCUT2D eigenvalue weighted by Gasteiger charge is 2.10. The fourth-order valence-electron chi connectivity index (χ4n) is 2.41. The number of benzene rings is 1. The molecule has 0 aliphatic rings. The normalized spacial score (nSPS) is 11.2. The monoisotopic (exact) mass is 261 g/mol. The van der Waals surface area contributed by atoms with Gasteiger partial charge in [-0.25, -0.2) is 19.9 Å². The molecule has 3 aromatic heterocycles. The molecular formula is C15H11N5. The van der Waals surface area contributed by atoms with E-state index in [-0.39, 0.29) is 0 Å². The van der Waals surface area contributed by atoms with Crippen molar-refractivity contribution in [2.24, 2.45) is 0 Å². The van der Waals surface area contributed by atoms with E-state index in [4.69, 9.17) is 0 Å². The average molecular weight is 261 g/mol. The van der Waals surface area contributed by atoms with E-state index in [0.29, 0.717) is 11.3 Å². The molecule has 0 bridgehead atoms. The largest absolute Gasteiger partial charge is 0.360 e. The van der Waals surface area contributed by atoms with Gasteiger partial charge in [0.05, 0.1) is 11.9 Å². The highest BCUT2D eigenvalue weighted by Crippen LogP contribution is 2.28. The second-order valence-electron chi connectivity index (χ2n) is 4.66. The van der Waals surface area contributed by atoms with Crippen LogP contribution in [0.15, 0.2) is 43.0 Å². The zero-order valence-electron chi connectivity index (χ0n) is 10.8. The predicted molar refractivity (Wildman–Crippen MR) is 77.2 cm³/mol. The van der Waals surface area contributed by atoms with E-state index in [1.807, 2.05) is 12.3 Å². The van der Waals surface area contributed by atoms with Crippen molar-refractivity contribution in [2.75, 3.05) is 0 Å². The van der Waals surface area contributed by atoms with Crippen LogP contribution in [0.5, 0.6) is 0 Å². The third kappa shape index (κ3) is 1.56. The number of nitrogens with zero attached hydrogens (tertiary/aromatic N) is 4. The number of hydrogen-bond acceptors (Lipinski definition) is 4. The SMILES string of the molecule is Cc1cccc2c(-c3cnc4nccnc4n3)c[nH]c12. The van der Waals surface area contributed by atoms with Gasteiger partial charge in [0.1, 0.15) is 0 Å². The smallest absolute Gasteiger partial charge is 0.198 e. The summed E-state index contributed by atoms with van der Waals surface area (Å²) in [6.07, 6.45) is 6.94. The van der Waals surface area contributed by atoms with E-state index in [2.05, 4.69) is 44.0 Å². The van der Waals surface area contributed by atoms with Crippen LogP contribution in [0.4, 0.5) is 0 Å². The molecule has 0 fully saturated rings. The van der Waals surface area contributed by atoms with E-state index < -0.39 is 0 Å². The summed E-state index contributed by atoms with van der Waals surface area (Å²) in [6.45, 7) is 2.08. The number of aromatic amines is 1. The molecule has 0 radical (unpaired) electrons. The number of rotatable bonds is 1. The predicted octanol–water partition coefficient (Wildman–Crippen LogP) is 2.88. The van der Waals surface area contributed by atoms with Crippen LogP contribution in [-0.4, -0.2) is 24.9 Å². The molecule has 4 rings (SSSR count). The first-order valence-electron chi connectivity index (χ1n) is 6.34. The molecule has 5 heteroatoms. The van der Waals surface area contributed by atoms with Crippen molar-refractivity contribution in [3.05, 3.63) is 48.5 Å². The van der Waals surface area contributed by atoms with E-state index in [1.54, 1.807) is 18.6 Å². The number of nitrogens with one attached hydrogen (secondary N) is 1. The minimum atomic E-state index is 0.562. The van der Waals surface area contributed by atoms with Gasteiger partial charge < -0.3 is 4.98 Å². The van der Waals surface area contributed by atoms with Gasteiger partial charge in [-0.1, -0.05) is 18.2 Å². The molecule has 0 aliphatic heterocycles. The Morgan fingerprint density at radius 1 is 1.00 bits per heavy atom. The maximum absolute atomic E-state index is 4.54. The third-order valence-corrected chi connectivity index (χ3v) is 3.40. The van der Waals surface area contributed by atoms with E-state index in [1.165, 1.54) is 5.56 Å². The van der Waals surface area contributed by atoms with Gasteiger partial charge in [0.25, 0.3) is 0 Å². The average Bonchev–Trinajstić information content (AvgIpc) is 2.92. The quantitative estimate of drug-likeness (QED) is 0.572. The zero-order valence-corrected chi connectivity index (χ0v) is 10.8. The first-order chi connectivity index (χ1) is 9.83. The van der Waals surface area contributed by atoms with Crippen molar-refractivity contribution in [3.63, 3.8) is 0 Å². The molecule has 0 amide bonds. The Balaban J connectivity index is 1.99. The lowest BCUT2D eigenvalue weighted by atomic mass is 10.1. The summed E-state index contributed by atoms with van der Waals surface area (Å²) < 4.78 is 0. The summed E-state index contributed by atoms with van der Waals surface area (Å²) in [6, 6.07) is 6.21. The molecule has 1 aromatic carbocycles. The number of H-pyrrole nitrogens is 1. The lowest BCUT2D eigenvalue weighted by molar-refractivity contribution is 1.16. The van der Waals surface area contributed by atoms with E-state index in [9.17, 15) is 0 Å². The van der Waals surface area contributed by atoms with Gasteiger partial charge in [-0.3, -0.25) is 0 Å². The van der Waals surface area contributed by atoms with Gasteiger partial charge in [0.2, 0.25) is 0 Å². The fraction of sp³-hybridized carbons (Fsp3) is 0.0667. The van der Waals surface area contributed by atoms with Crippen molar-refractivity contribution < 1.29 is 0 Å². The summed E-state index contributed by atoms with van der Waals surface area (Å²) in [5.41, 5.74) is 5.30. The lowest BCUT2D eigenvalue weighted by Gasteiger charge is -2.00. The molecule has 20 heavy (non-hydrogen) atoms. The molecule has 3 heterocycles. The van der Waals surface area contributed by atoms with Crippen LogP contribution in [0, 0.1) is 6.92 Å². The highest BCUT2D eigenvalue weighted by molar-refractivity contribution is 5.96. The van der Waals surface area contributed by atoms with Gasteiger partial charge >= 0.3 is 0 Å². The molecule has 0 saturated carbocycles. The van der Waals surface area contributed by atoms with Gasteiger partial charge in [-0.15, -0.1) is 0 Å². The van der Waals surface area contributed by atoms with Crippen LogP contribution in [0.25, 0.3) is 33.5 Å². The summed E-state index contributed by atoms with van der Waals surface area (Å²) >= 11 is 0. The number of fused-ring (bicyclic) bond motifs is 2. The van der Waals surface area contributed by atoms with Crippen LogP contribution >= 0.6 is 0 Å². The Kier molecular flexibility index (Phi) is 2.26. The Morgan fingerprint density at radius 3 is 2.75 bits per heavy atom. The summed E-state index contributed by atoms with van der Waals surface area (Å²) in [7, 11) is 0. The molecule has 0 aliphatic carbocycles. The molecule has 5 nitrogen and oxygen atoms in total. The maximum Gasteiger partial charge on any atom is 0.198 e. The number of aromatic nitrogens is 5. The standard InChI is InChI=1S/C15H11N5/c1-9-3-2-4-10-11(7-18-13(9)10)12-8-19-14-15(20-12)17-6-5-16-14/h2-8,18H,1H3. The van der Waals surface area contributed by atoms with E-state index >= 15 is 0 Å². The molecule has 0 saturated heterocycles. The number of para-hydroxylation sites is 1. The second-order valence-corrected chi connectivity index (χ2v) is 4.66. The summed E-state index contributed by atoms with van der Waals surface area (Å²) in [5.74, 6) is 0.